The molecule has 1 rings (SSSR count). The SMILES string of the molecule is CNc1ncc(C)c(NCC(C)(C)CN(C)C)n1. The summed E-state index contributed by atoms with van der Waals surface area (Å²) in [6, 6.07) is 0. The molecule has 0 saturated carbocycles. The number of aromatic nitrogens is 2. The number of hydrogen-bond donors (Lipinski definition) is 2. The third kappa shape index (κ3) is 4.49. The third-order valence-corrected chi connectivity index (χ3v) is 2.67. The average molecular weight is 251 g/mol. The highest BCUT2D eigenvalue weighted by Gasteiger charge is 2.19. The molecule has 0 aliphatic carbocycles. The van der Waals surface area contributed by atoms with Crippen LogP contribution in [-0.2, 0) is 0 Å². The molecule has 0 radical (unpaired) electrons. The van der Waals surface area contributed by atoms with Gasteiger partial charge in [0.25, 0.3) is 0 Å². The van der Waals surface area contributed by atoms with Crippen molar-refractivity contribution in [2.75, 3.05) is 44.9 Å². The normalized spacial score (nSPS) is 11.7. The summed E-state index contributed by atoms with van der Waals surface area (Å²) in [6.45, 7) is 8.42. The number of nitrogens with one attached hydrogen (secondary N) is 2. The molecule has 0 spiro atoms. The highest BCUT2D eigenvalue weighted by Crippen LogP contribution is 2.19. The number of nitrogens with zero attached hydrogens (tertiary/aromatic N) is 3. The second-order valence-corrected chi connectivity index (χ2v) is 5.73. The molecule has 5 heteroatoms. The zero-order chi connectivity index (χ0) is 13.8. The fourth-order valence-electron chi connectivity index (χ4n) is 1.98. The Morgan fingerprint density at radius 3 is 2.56 bits per heavy atom. The Balaban J connectivity index is 2.67. The van der Waals surface area contributed by atoms with Crippen LogP contribution in [0.15, 0.2) is 6.20 Å². The molecule has 0 unspecified atom stereocenters. The quantitative estimate of drug-likeness (QED) is 0.808. The fourth-order valence-corrected chi connectivity index (χ4v) is 1.98. The van der Waals surface area contributed by atoms with Gasteiger partial charge in [0.15, 0.2) is 0 Å². The Morgan fingerprint density at radius 1 is 1.33 bits per heavy atom. The molecule has 0 fully saturated rings. The highest BCUT2D eigenvalue weighted by atomic mass is 15.1. The lowest BCUT2D eigenvalue weighted by atomic mass is 9.93. The summed E-state index contributed by atoms with van der Waals surface area (Å²) in [5, 5.41) is 6.37. The molecule has 5 nitrogen and oxygen atoms in total. The lowest BCUT2D eigenvalue weighted by Crippen LogP contribution is -2.34. The van der Waals surface area contributed by atoms with E-state index in [1.54, 1.807) is 0 Å². The third-order valence-electron chi connectivity index (χ3n) is 2.67. The first-order valence-corrected chi connectivity index (χ1v) is 6.24. The van der Waals surface area contributed by atoms with Crippen LogP contribution in [-0.4, -0.2) is 49.1 Å². The van der Waals surface area contributed by atoms with Crippen LogP contribution in [0.1, 0.15) is 19.4 Å². The Morgan fingerprint density at radius 2 is 2.00 bits per heavy atom. The van der Waals surface area contributed by atoms with Crippen molar-refractivity contribution in [1.29, 1.82) is 0 Å². The van der Waals surface area contributed by atoms with Gasteiger partial charge in [-0.25, -0.2) is 4.98 Å². The van der Waals surface area contributed by atoms with Gasteiger partial charge in [-0.2, -0.15) is 4.98 Å². The first kappa shape index (κ1) is 14.7. The van der Waals surface area contributed by atoms with Crippen molar-refractivity contribution in [2.45, 2.75) is 20.8 Å². The van der Waals surface area contributed by atoms with E-state index in [0.717, 1.165) is 24.5 Å². The van der Waals surface area contributed by atoms with E-state index < -0.39 is 0 Å². The van der Waals surface area contributed by atoms with Crippen molar-refractivity contribution in [3.8, 4) is 0 Å². The smallest absolute Gasteiger partial charge is 0.224 e. The molecule has 1 aromatic heterocycles. The average Bonchev–Trinajstić information content (AvgIpc) is 2.26. The minimum Gasteiger partial charge on any atom is -0.369 e. The summed E-state index contributed by atoms with van der Waals surface area (Å²) in [5.74, 6) is 1.55. The molecule has 1 heterocycles. The van der Waals surface area contributed by atoms with Crippen LogP contribution in [0.2, 0.25) is 0 Å². The van der Waals surface area contributed by atoms with Gasteiger partial charge in [-0.3, -0.25) is 0 Å². The van der Waals surface area contributed by atoms with E-state index in [1.807, 2.05) is 20.2 Å². The van der Waals surface area contributed by atoms with Crippen molar-refractivity contribution in [3.63, 3.8) is 0 Å². The predicted molar refractivity (Wildman–Crippen MR) is 77.1 cm³/mol. The van der Waals surface area contributed by atoms with E-state index in [-0.39, 0.29) is 5.41 Å². The topological polar surface area (TPSA) is 53.1 Å². The van der Waals surface area contributed by atoms with Crippen molar-refractivity contribution in [1.82, 2.24) is 14.9 Å². The van der Waals surface area contributed by atoms with Crippen LogP contribution in [0.4, 0.5) is 11.8 Å². The van der Waals surface area contributed by atoms with Crippen LogP contribution in [0, 0.1) is 12.3 Å². The maximum absolute atomic E-state index is 4.43. The summed E-state index contributed by atoms with van der Waals surface area (Å²) in [4.78, 5) is 10.8. The first-order chi connectivity index (χ1) is 8.34. The fraction of sp³-hybridized carbons (Fsp3) is 0.692. The highest BCUT2D eigenvalue weighted by molar-refractivity contribution is 5.46. The van der Waals surface area contributed by atoms with Crippen LogP contribution < -0.4 is 10.6 Å². The minimum absolute atomic E-state index is 0.195. The summed E-state index contributed by atoms with van der Waals surface area (Å²) >= 11 is 0. The van der Waals surface area contributed by atoms with E-state index >= 15 is 0 Å². The summed E-state index contributed by atoms with van der Waals surface area (Å²) in [6.07, 6.45) is 1.83. The molecule has 2 N–H and O–H groups in total. The second-order valence-electron chi connectivity index (χ2n) is 5.73. The zero-order valence-electron chi connectivity index (χ0n) is 12.3. The molecule has 0 atom stereocenters. The van der Waals surface area contributed by atoms with Crippen molar-refractivity contribution in [2.24, 2.45) is 5.41 Å². The summed E-state index contributed by atoms with van der Waals surface area (Å²) in [5.41, 5.74) is 1.26. The van der Waals surface area contributed by atoms with Crippen LogP contribution in [0.25, 0.3) is 0 Å². The number of rotatable bonds is 6. The summed E-state index contributed by atoms with van der Waals surface area (Å²) < 4.78 is 0. The molecule has 0 aliphatic heterocycles. The monoisotopic (exact) mass is 251 g/mol. The molecule has 102 valence electrons. The maximum atomic E-state index is 4.43. The zero-order valence-corrected chi connectivity index (χ0v) is 12.3. The second kappa shape index (κ2) is 6.00. The maximum Gasteiger partial charge on any atom is 0.224 e. The number of anilines is 2. The van der Waals surface area contributed by atoms with Crippen molar-refractivity contribution >= 4 is 11.8 Å². The minimum atomic E-state index is 0.195. The Bertz CT molecular complexity index is 387. The van der Waals surface area contributed by atoms with Gasteiger partial charge in [0, 0.05) is 31.9 Å². The largest absolute Gasteiger partial charge is 0.369 e. The molecule has 0 amide bonds. The van der Waals surface area contributed by atoms with Gasteiger partial charge in [-0.15, -0.1) is 0 Å². The van der Waals surface area contributed by atoms with E-state index in [2.05, 4.69) is 53.4 Å². The predicted octanol–water partition coefficient (Wildman–Crippen LogP) is 1.83. The first-order valence-electron chi connectivity index (χ1n) is 6.24. The summed E-state index contributed by atoms with van der Waals surface area (Å²) in [7, 11) is 6.01. The van der Waals surface area contributed by atoms with Gasteiger partial charge in [0.1, 0.15) is 5.82 Å². The number of hydrogen-bond acceptors (Lipinski definition) is 5. The standard InChI is InChI=1S/C13H25N5/c1-10-7-15-12(14-4)17-11(10)16-8-13(2,3)9-18(5)6/h7H,8-9H2,1-6H3,(H2,14,15,16,17). The van der Waals surface area contributed by atoms with E-state index in [4.69, 9.17) is 0 Å². The molecule has 0 bridgehead atoms. The van der Waals surface area contributed by atoms with Gasteiger partial charge in [0.2, 0.25) is 5.95 Å². The molecule has 1 aromatic rings. The lowest BCUT2D eigenvalue weighted by Gasteiger charge is -2.28. The van der Waals surface area contributed by atoms with Crippen molar-refractivity contribution < 1.29 is 0 Å². The number of aryl methyl sites for hydroxylation is 1. The van der Waals surface area contributed by atoms with Crippen LogP contribution in [0.5, 0.6) is 0 Å². The van der Waals surface area contributed by atoms with Gasteiger partial charge >= 0.3 is 0 Å². The van der Waals surface area contributed by atoms with Gasteiger partial charge in [-0.1, -0.05) is 13.8 Å². The van der Waals surface area contributed by atoms with E-state index in [9.17, 15) is 0 Å². The molecule has 0 aliphatic rings. The Hall–Kier alpha value is -1.36. The van der Waals surface area contributed by atoms with E-state index in [1.165, 1.54) is 0 Å². The van der Waals surface area contributed by atoms with Crippen LogP contribution >= 0.6 is 0 Å². The van der Waals surface area contributed by atoms with Crippen LogP contribution in [0.3, 0.4) is 0 Å². The lowest BCUT2D eigenvalue weighted by molar-refractivity contribution is 0.254. The Labute approximate surface area is 110 Å². The van der Waals surface area contributed by atoms with Gasteiger partial charge in [0.05, 0.1) is 0 Å². The molecule has 0 saturated heterocycles. The van der Waals surface area contributed by atoms with Gasteiger partial charge in [-0.05, 0) is 26.4 Å². The molecular weight excluding hydrogens is 226 g/mol. The molecular formula is C13H25N5. The van der Waals surface area contributed by atoms with Gasteiger partial charge < -0.3 is 15.5 Å². The van der Waals surface area contributed by atoms with Crippen molar-refractivity contribution in [3.05, 3.63) is 11.8 Å². The van der Waals surface area contributed by atoms with E-state index in [0.29, 0.717) is 5.95 Å². The molecule has 0 aromatic carbocycles. The molecule has 18 heavy (non-hydrogen) atoms. The Kier molecular flexibility index (Phi) is 4.90.